The summed E-state index contributed by atoms with van der Waals surface area (Å²) < 4.78 is 24.8. The molecule has 6 aliphatic carbocycles. The minimum Gasteiger partial charge on any atom is -0.293 e. The lowest BCUT2D eigenvalue weighted by molar-refractivity contribution is -0.160. The summed E-state index contributed by atoms with van der Waals surface area (Å²) in [6.45, 7) is 10.3. The fourth-order valence-electron chi connectivity index (χ4n) is 6.83. The molecule has 6 aliphatic rings. The van der Waals surface area contributed by atoms with Crippen molar-refractivity contribution >= 4 is 18.2 Å². The van der Waals surface area contributed by atoms with Crippen molar-refractivity contribution in [2.75, 3.05) is 0 Å². The first-order chi connectivity index (χ1) is 11.4. The van der Waals surface area contributed by atoms with Gasteiger partial charge in [-0.25, -0.2) is 4.57 Å². The molecule has 0 N–H and O–H groups in total. The van der Waals surface area contributed by atoms with Gasteiger partial charge in [0.15, 0.2) is 0 Å². The van der Waals surface area contributed by atoms with Crippen LogP contribution in [0.2, 0.25) is 0 Å². The second-order valence-electron chi connectivity index (χ2n) is 10.6. The van der Waals surface area contributed by atoms with E-state index in [1.165, 1.54) is 12.8 Å². The van der Waals surface area contributed by atoms with Gasteiger partial charge < -0.3 is 0 Å². The van der Waals surface area contributed by atoms with Crippen molar-refractivity contribution in [3.05, 3.63) is 0 Å². The van der Waals surface area contributed by atoms with E-state index >= 15 is 0 Å². The van der Waals surface area contributed by atoms with Gasteiger partial charge in [-0.2, -0.15) is 0 Å². The maximum atomic E-state index is 12.9. The normalized spacial score (nSPS) is 49.9. The molecule has 0 aromatic carbocycles. The summed E-state index contributed by atoms with van der Waals surface area (Å²) in [6, 6.07) is 0. The molecule has 0 aromatic rings. The van der Waals surface area contributed by atoms with E-state index in [9.17, 15) is 4.57 Å². The molecular weight excluding hydrogens is 355 g/mol. The molecule has 0 spiro atoms. The molecule has 0 aromatic heterocycles. The van der Waals surface area contributed by atoms with Crippen molar-refractivity contribution in [3.63, 3.8) is 0 Å². The number of halogens is 1. The Morgan fingerprint density at radius 2 is 1.16 bits per heavy atom. The van der Waals surface area contributed by atoms with Crippen molar-refractivity contribution in [3.8, 4) is 0 Å². The molecule has 25 heavy (non-hydrogen) atoms. The zero-order valence-corrected chi connectivity index (χ0v) is 18.1. The lowest BCUT2D eigenvalue weighted by Gasteiger charge is -2.62. The molecule has 0 heterocycles. The number of rotatable bonds is 4. The molecule has 0 saturated heterocycles. The van der Waals surface area contributed by atoms with Crippen molar-refractivity contribution in [2.45, 2.75) is 79.4 Å². The summed E-state index contributed by atoms with van der Waals surface area (Å²) in [5.74, 6) is 3.42. The Bertz CT molecular complexity index is 556. The number of fused-ring (bicyclic) bond motifs is 4. The third kappa shape index (κ3) is 2.79. The molecule has 0 amide bonds. The van der Waals surface area contributed by atoms with Gasteiger partial charge in [0, 0.05) is 11.2 Å². The molecule has 6 saturated carbocycles. The molecule has 0 unspecified atom stereocenters. The number of hydrogen-bond donors (Lipinski definition) is 0. The molecule has 0 radical (unpaired) electrons. The van der Waals surface area contributed by atoms with Crippen molar-refractivity contribution in [1.29, 1.82) is 0 Å². The zero-order chi connectivity index (χ0) is 18.4. The highest BCUT2D eigenvalue weighted by atomic mass is 35.7. The first-order valence-corrected chi connectivity index (χ1v) is 12.5. The quantitative estimate of drug-likeness (QED) is 0.515. The van der Waals surface area contributed by atoms with Crippen LogP contribution in [0.1, 0.15) is 67.2 Å². The molecule has 6 rings (SSSR count). The predicted molar refractivity (Wildman–Crippen MR) is 102 cm³/mol. The van der Waals surface area contributed by atoms with Crippen LogP contribution in [0, 0.1) is 46.3 Å². The third-order valence-electron chi connectivity index (χ3n) is 9.09. The fraction of sp³-hybridized carbons (Fsp3) is 1.00. The van der Waals surface area contributed by atoms with E-state index in [1.54, 1.807) is 0 Å². The van der Waals surface area contributed by atoms with Crippen LogP contribution in [-0.2, 0) is 13.6 Å². The standard InChI is InChI=1S/C20H34ClO3P/c1-11-15-7-13(19(15,3)4)9-17(11)23-25(21,22)24-18-10-14-8-16(12(18)2)20(14,5)6/h11-18H,7-10H2,1-6H3/t11-,12-,13+,14+,15-,16-,17-,18-/m0/s1. The van der Waals surface area contributed by atoms with Gasteiger partial charge >= 0.3 is 6.95 Å². The van der Waals surface area contributed by atoms with Crippen LogP contribution in [0.15, 0.2) is 0 Å². The summed E-state index contributed by atoms with van der Waals surface area (Å²) in [4.78, 5) is 0. The molecule has 6 fully saturated rings. The smallest absolute Gasteiger partial charge is 0.293 e. The van der Waals surface area contributed by atoms with Gasteiger partial charge in [0.05, 0.1) is 12.2 Å². The second kappa shape index (κ2) is 5.72. The van der Waals surface area contributed by atoms with Gasteiger partial charge in [-0.05, 0) is 72.0 Å². The Kier molecular flexibility index (Phi) is 4.30. The van der Waals surface area contributed by atoms with Gasteiger partial charge in [0.1, 0.15) is 0 Å². The van der Waals surface area contributed by atoms with E-state index in [0.717, 1.165) is 12.8 Å². The van der Waals surface area contributed by atoms with Crippen LogP contribution < -0.4 is 0 Å². The Balaban J connectivity index is 1.38. The molecule has 4 bridgehead atoms. The number of hydrogen-bond acceptors (Lipinski definition) is 3. The first kappa shape index (κ1) is 18.8. The molecule has 0 aliphatic heterocycles. The fourth-order valence-corrected chi connectivity index (χ4v) is 8.70. The third-order valence-corrected chi connectivity index (χ3v) is 10.6. The van der Waals surface area contributed by atoms with E-state index < -0.39 is 6.95 Å². The molecule has 8 atom stereocenters. The van der Waals surface area contributed by atoms with Gasteiger partial charge in [0.2, 0.25) is 0 Å². The van der Waals surface area contributed by atoms with Crippen LogP contribution in [0.5, 0.6) is 0 Å². The van der Waals surface area contributed by atoms with Gasteiger partial charge in [-0.1, -0.05) is 41.5 Å². The summed E-state index contributed by atoms with van der Waals surface area (Å²) in [5.41, 5.74) is 0.780. The van der Waals surface area contributed by atoms with E-state index in [2.05, 4.69) is 41.5 Å². The highest BCUT2D eigenvalue weighted by Crippen LogP contribution is 2.68. The van der Waals surface area contributed by atoms with Gasteiger partial charge in [0.25, 0.3) is 0 Å². The van der Waals surface area contributed by atoms with Crippen LogP contribution in [-0.4, -0.2) is 12.2 Å². The van der Waals surface area contributed by atoms with E-state index in [-0.39, 0.29) is 12.2 Å². The zero-order valence-electron chi connectivity index (χ0n) is 16.5. The molecule has 5 heteroatoms. The van der Waals surface area contributed by atoms with Crippen LogP contribution in [0.3, 0.4) is 0 Å². The van der Waals surface area contributed by atoms with E-state index in [0.29, 0.717) is 46.3 Å². The van der Waals surface area contributed by atoms with Gasteiger partial charge in [-0.3, -0.25) is 9.05 Å². The molecular formula is C20H34ClO3P. The average molecular weight is 389 g/mol. The minimum absolute atomic E-state index is 0.0232. The largest absolute Gasteiger partial charge is 0.424 e. The SMILES string of the molecule is C[C@@H]1[C@@H](OP(=O)(Cl)O[C@H]2C[C@H]3C[C@@H]([C@@H]2C)C3(C)C)C[C@H]2C[C@@H]1C2(C)C. The summed E-state index contributed by atoms with van der Waals surface area (Å²) in [5, 5.41) is 0. The minimum atomic E-state index is -3.53. The Hall–Kier alpha value is 0.440. The lowest BCUT2D eigenvalue weighted by atomic mass is 9.45. The van der Waals surface area contributed by atoms with E-state index in [1.807, 2.05) is 0 Å². The Morgan fingerprint density at radius 3 is 1.44 bits per heavy atom. The van der Waals surface area contributed by atoms with Crippen LogP contribution in [0.25, 0.3) is 0 Å². The maximum Gasteiger partial charge on any atom is 0.424 e. The summed E-state index contributed by atoms with van der Waals surface area (Å²) in [6.07, 6.45) is 4.43. The second-order valence-corrected chi connectivity index (χ2v) is 13.2. The predicted octanol–water partition coefficient (Wildman–Crippen LogP) is 6.51. The monoisotopic (exact) mass is 388 g/mol. The van der Waals surface area contributed by atoms with Crippen LogP contribution >= 0.6 is 18.2 Å². The van der Waals surface area contributed by atoms with Gasteiger partial charge in [-0.15, -0.1) is 0 Å². The average Bonchev–Trinajstić information content (AvgIpc) is 2.49. The van der Waals surface area contributed by atoms with Crippen molar-refractivity contribution in [1.82, 2.24) is 0 Å². The van der Waals surface area contributed by atoms with Crippen LogP contribution in [0.4, 0.5) is 0 Å². The first-order valence-electron chi connectivity index (χ1n) is 10.1. The molecule has 3 nitrogen and oxygen atoms in total. The lowest BCUT2D eigenvalue weighted by Crippen LogP contribution is -2.57. The highest BCUT2D eigenvalue weighted by Gasteiger charge is 2.59. The van der Waals surface area contributed by atoms with Crippen molar-refractivity contribution < 1.29 is 13.6 Å². The molecule has 144 valence electrons. The Labute approximate surface area is 157 Å². The van der Waals surface area contributed by atoms with E-state index in [4.69, 9.17) is 20.3 Å². The van der Waals surface area contributed by atoms with Crippen molar-refractivity contribution in [2.24, 2.45) is 46.3 Å². The Morgan fingerprint density at radius 1 is 0.800 bits per heavy atom. The summed E-state index contributed by atoms with van der Waals surface area (Å²) >= 11 is 6.31. The highest BCUT2D eigenvalue weighted by molar-refractivity contribution is 7.81. The topological polar surface area (TPSA) is 35.5 Å². The summed E-state index contributed by atoms with van der Waals surface area (Å²) in [7, 11) is 0. The maximum absolute atomic E-state index is 12.9.